The standard InChI is InChI=1S/C21H24N2O5/c1-14-10-19(15(2)23(14)17-6-7-17)20(24)12-27-21(25)13-28-22-11-16-4-8-18(26-3)9-5-16/h4-5,8-11,17H,6-7,12-13H2,1-3H3/b22-11-. The predicted molar refractivity (Wildman–Crippen MR) is 104 cm³/mol. The minimum Gasteiger partial charge on any atom is -0.497 e. The van der Waals surface area contributed by atoms with Crippen molar-refractivity contribution in [2.75, 3.05) is 20.3 Å². The number of carbonyl (C=O) groups excluding carboxylic acids is 2. The number of Topliss-reactive ketones (excluding diaryl/α,β-unsaturated/α-hetero) is 1. The smallest absolute Gasteiger partial charge is 0.347 e. The summed E-state index contributed by atoms with van der Waals surface area (Å²) in [5.41, 5.74) is 3.40. The van der Waals surface area contributed by atoms with Crippen molar-refractivity contribution < 1.29 is 23.9 Å². The lowest BCUT2D eigenvalue weighted by molar-refractivity contribution is -0.147. The average Bonchev–Trinajstić information content (AvgIpc) is 3.48. The summed E-state index contributed by atoms with van der Waals surface area (Å²) in [7, 11) is 1.59. The van der Waals surface area contributed by atoms with Crippen LogP contribution in [0.15, 0.2) is 35.5 Å². The normalized spacial score (nSPS) is 13.5. The van der Waals surface area contributed by atoms with Gasteiger partial charge in [0.15, 0.2) is 6.61 Å². The van der Waals surface area contributed by atoms with E-state index >= 15 is 0 Å². The van der Waals surface area contributed by atoms with Gasteiger partial charge in [-0.2, -0.15) is 0 Å². The molecule has 0 atom stereocenters. The SMILES string of the molecule is COc1ccc(/C=N\OCC(=O)OCC(=O)c2cc(C)n(C3CC3)c2C)cc1. The third kappa shape index (κ3) is 4.79. The second-order valence-electron chi connectivity index (χ2n) is 6.75. The molecule has 3 rings (SSSR count). The summed E-state index contributed by atoms with van der Waals surface area (Å²) in [6, 6.07) is 9.56. The fraction of sp³-hybridized carbons (Fsp3) is 0.381. The fourth-order valence-electron chi connectivity index (χ4n) is 3.10. The molecule has 28 heavy (non-hydrogen) atoms. The van der Waals surface area contributed by atoms with Gasteiger partial charge in [-0.3, -0.25) is 4.79 Å². The first-order chi connectivity index (χ1) is 13.5. The van der Waals surface area contributed by atoms with Crippen LogP contribution in [0.3, 0.4) is 0 Å². The number of hydrogen-bond acceptors (Lipinski definition) is 6. The number of hydrogen-bond donors (Lipinski definition) is 0. The molecule has 1 aliphatic carbocycles. The Kier molecular flexibility index (Phi) is 6.13. The number of benzene rings is 1. The average molecular weight is 384 g/mol. The first-order valence-electron chi connectivity index (χ1n) is 9.16. The number of nitrogens with zero attached hydrogens (tertiary/aromatic N) is 2. The van der Waals surface area contributed by atoms with Crippen LogP contribution in [0.5, 0.6) is 5.75 Å². The molecular weight excluding hydrogens is 360 g/mol. The molecule has 1 aromatic heterocycles. The van der Waals surface area contributed by atoms with Crippen LogP contribution in [0.2, 0.25) is 0 Å². The van der Waals surface area contributed by atoms with Gasteiger partial charge in [0, 0.05) is 23.0 Å². The van der Waals surface area contributed by atoms with Gasteiger partial charge < -0.3 is 18.9 Å². The largest absolute Gasteiger partial charge is 0.497 e. The zero-order valence-electron chi connectivity index (χ0n) is 16.3. The van der Waals surface area contributed by atoms with Gasteiger partial charge >= 0.3 is 5.97 Å². The molecule has 1 aliphatic rings. The lowest BCUT2D eigenvalue weighted by atomic mass is 10.1. The van der Waals surface area contributed by atoms with Crippen LogP contribution in [0.4, 0.5) is 0 Å². The molecule has 2 aromatic rings. The first-order valence-corrected chi connectivity index (χ1v) is 9.16. The Morgan fingerprint density at radius 3 is 2.54 bits per heavy atom. The van der Waals surface area contributed by atoms with Gasteiger partial charge in [-0.15, -0.1) is 0 Å². The number of ether oxygens (including phenoxy) is 2. The molecule has 0 unspecified atom stereocenters. The van der Waals surface area contributed by atoms with E-state index in [-0.39, 0.29) is 19.0 Å². The van der Waals surface area contributed by atoms with E-state index in [2.05, 4.69) is 9.72 Å². The van der Waals surface area contributed by atoms with Crippen LogP contribution < -0.4 is 4.74 Å². The third-order valence-corrected chi connectivity index (χ3v) is 4.64. The minimum absolute atomic E-state index is 0.213. The molecule has 0 spiro atoms. The molecule has 7 nitrogen and oxygen atoms in total. The van der Waals surface area contributed by atoms with Crippen LogP contribution in [0, 0.1) is 13.8 Å². The highest BCUT2D eigenvalue weighted by Crippen LogP contribution is 2.38. The molecule has 0 N–H and O–H groups in total. The van der Waals surface area contributed by atoms with E-state index in [1.54, 1.807) is 31.4 Å². The summed E-state index contributed by atoms with van der Waals surface area (Å²) in [4.78, 5) is 29.1. The van der Waals surface area contributed by atoms with Gasteiger partial charge in [0.05, 0.1) is 13.3 Å². The quantitative estimate of drug-likeness (QED) is 0.287. The lowest BCUT2D eigenvalue weighted by Gasteiger charge is -2.07. The molecule has 1 fully saturated rings. The van der Waals surface area contributed by atoms with Gasteiger partial charge in [0.2, 0.25) is 12.4 Å². The monoisotopic (exact) mass is 384 g/mol. The minimum atomic E-state index is -0.642. The van der Waals surface area contributed by atoms with Crippen LogP contribution >= 0.6 is 0 Å². The molecule has 7 heteroatoms. The van der Waals surface area contributed by atoms with Crippen molar-refractivity contribution in [1.29, 1.82) is 0 Å². The van der Waals surface area contributed by atoms with Gasteiger partial charge in [-0.25, -0.2) is 4.79 Å². The molecule has 0 aliphatic heterocycles. The van der Waals surface area contributed by atoms with E-state index in [0.29, 0.717) is 11.6 Å². The molecule has 1 aromatic carbocycles. The van der Waals surface area contributed by atoms with Gasteiger partial charge in [0.1, 0.15) is 5.75 Å². The van der Waals surface area contributed by atoms with Crippen LogP contribution in [-0.2, 0) is 14.4 Å². The maximum absolute atomic E-state index is 12.4. The maximum atomic E-state index is 12.4. The summed E-state index contributed by atoms with van der Waals surface area (Å²) in [5, 5.41) is 3.72. The number of oxime groups is 1. The zero-order valence-corrected chi connectivity index (χ0v) is 16.3. The Bertz CT molecular complexity index is 879. The number of esters is 1. The zero-order chi connectivity index (χ0) is 20.1. The van der Waals surface area contributed by atoms with Crippen molar-refractivity contribution in [3.63, 3.8) is 0 Å². The predicted octanol–water partition coefficient (Wildman–Crippen LogP) is 3.23. The number of aromatic nitrogens is 1. The number of methoxy groups -OCH3 is 1. The highest BCUT2D eigenvalue weighted by Gasteiger charge is 2.28. The van der Waals surface area contributed by atoms with E-state index < -0.39 is 5.97 Å². The topological polar surface area (TPSA) is 79.1 Å². The van der Waals surface area contributed by atoms with Crippen molar-refractivity contribution >= 4 is 18.0 Å². The van der Waals surface area contributed by atoms with Crippen molar-refractivity contribution in [3.05, 3.63) is 52.8 Å². The van der Waals surface area contributed by atoms with E-state index in [9.17, 15) is 9.59 Å². The molecule has 0 radical (unpaired) electrons. The third-order valence-electron chi connectivity index (χ3n) is 4.64. The van der Waals surface area contributed by atoms with Crippen LogP contribution in [0.25, 0.3) is 0 Å². The van der Waals surface area contributed by atoms with E-state index in [1.165, 1.54) is 6.21 Å². The molecule has 148 valence electrons. The van der Waals surface area contributed by atoms with Crippen LogP contribution in [0.1, 0.15) is 46.2 Å². The number of ketones is 1. The van der Waals surface area contributed by atoms with Gasteiger partial charge in [-0.05, 0) is 62.6 Å². The summed E-state index contributed by atoms with van der Waals surface area (Å²) < 4.78 is 12.3. The van der Waals surface area contributed by atoms with Gasteiger partial charge in [-0.1, -0.05) is 5.16 Å². The molecule has 1 saturated carbocycles. The molecule has 0 saturated heterocycles. The Labute approximate surface area is 163 Å². The molecule has 0 amide bonds. The Morgan fingerprint density at radius 2 is 1.89 bits per heavy atom. The fourth-order valence-corrected chi connectivity index (χ4v) is 3.10. The van der Waals surface area contributed by atoms with E-state index in [0.717, 1.165) is 35.5 Å². The summed E-state index contributed by atoms with van der Waals surface area (Å²) >= 11 is 0. The number of aryl methyl sites for hydroxylation is 1. The maximum Gasteiger partial charge on any atom is 0.347 e. The van der Waals surface area contributed by atoms with Crippen LogP contribution in [-0.4, -0.2) is 42.9 Å². The lowest BCUT2D eigenvalue weighted by Crippen LogP contribution is -2.17. The second kappa shape index (κ2) is 8.73. The number of rotatable bonds is 9. The Balaban J connectivity index is 1.43. The summed E-state index contributed by atoms with van der Waals surface area (Å²) in [5.74, 6) is -0.115. The second-order valence-corrected chi connectivity index (χ2v) is 6.75. The Hall–Kier alpha value is -3.09. The van der Waals surface area contributed by atoms with E-state index in [4.69, 9.17) is 14.3 Å². The van der Waals surface area contributed by atoms with Crippen molar-refractivity contribution in [2.45, 2.75) is 32.7 Å². The van der Waals surface area contributed by atoms with Gasteiger partial charge in [0.25, 0.3) is 0 Å². The van der Waals surface area contributed by atoms with E-state index in [1.807, 2.05) is 19.9 Å². The molecule has 0 bridgehead atoms. The Morgan fingerprint density at radius 1 is 1.18 bits per heavy atom. The first kappa shape index (κ1) is 19.7. The van der Waals surface area contributed by atoms with Crippen molar-refractivity contribution in [2.24, 2.45) is 5.16 Å². The molecule has 1 heterocycles. The summed E-state index contributed by atoms with van der Waals surface area (Å²) in [6.45, 7) is 3.25. The summed E-state index contributed by atoms with van der Waals surface area (Å²) in [6.07, 6.45) is 3.77. The van der Waals surface area contributed by atoms with Crippen molar-refractivity contribution in [3.8, 4) is 5.75 Å². The highest BCUT2D eigenvalue weighted by molar-refractivity contribution is 5.99. The highest BCUT2D eigenvalue weighted by atomic mass is 16.7. The van der Waals surface area contributed by atoms with Crippen molar-refractivity contribution in [1.82, 2.24) is 4.57 Å². The molecular formula is C21H24N2O5. The number of carbonyl (C=O) groups is 2.